The molecule has 0 amide bonds. The molecule has 1 heterocycles. The van der Waals surface area contributed by atoms with E-state index in [1.165, 1.54) is 35.4 Å². The van der Waals surface area contributed by atoms with Crippen molar-refractivity contribution in [2.75, 3.05) is 7.05 Å². The highest BCUT2D eigenvalue weighted by molar-refractivity contribution is 7.12. The second-order valence-corrected chi connectivity index (χ2v) is 6.38. The molecule has 1 aromatic heterocycles. The summed E-state index contributed by atoms with van der Waals surface area (Å²) in [4.78, 5) is 2.96. The Kier molecular flexibility index (Phi) is 4.04. The molecule has 2 rings (SSSR count). The zero-order chi connectivity index (χ0) is 11.5. The molecule has 3 atom stereocenters. The van der Waals surface area contributed by atoms with E-state index in [1.54, 1.807) is 0 Å². The lowest BCUT2D eigenvalue weighted by Gasteiger charge is -2.22. The van der Waals surface area contributed by atoms with E-state index in [0.717, 1.165) is 11.8 Å². The predicted molar refractivity (Wildman–Crippen MR) is 72.0 cm³/mol. The Labute approximate surface area is 103 Å². The van der Waals surface area contributed by atoms with Gasteiger partial charge in [-0.15, -0.1) is 11.3 Å². The first-order chi connectivity index (χ1) is 7.74. The second kappa shape index (κ2) is 5.33. The fourth-order valence-electron chi connectivity index (χ4n) is 3.02. The van der Waals surface area contributed by atoms with Gasteiger partial charge >= 0.3 is 0 Å². The van der Waals surface area contributed by atoms with Gasteiger partial charge in [-0.05, 0) is 50.8 Å². The number of thiophene rings is 1. The molecular weight excluding hydrogens is 214 g/mol. The van der Waals surface area contributed by atoms with Crippen LogP contribution in [-0.2, 0) is 0 Å². The molecule has 2 heteroatoms. The van der Waals surface area contributed by atoms with Gasteiger partial charge in [0, 0.05) is 15.8 Å². The lowest BCUT2D eigenvalue weighted by Crippen LogP contribution is -2.22. The molecule has 1 aliphatic carbocycles. The Morgan fingerprint density at radius 3 is 2.75 bits per heavy atom. The van der Waals surface area contributed by atoms with Crippen LogP contribution in [0.1, 0.15) is 48.4 Å². The van der Waals surface area contributed by atoms with Crippen LogP contribution in [-0.4, -0.2) is 7.05 Å². The summed E-state index contributed by atoms with van der Waals surface area (Å²) >= 11 is 1.95. The molecule has 0 spiro atoms. The zero-order valence-corrected chi connectivity index (χ0v) is 11.4. The van der Waals surface area contributed by atoms with Gasteiger partial charge in [0.2, 0.25) is 0 Å². The molecule has 90 valence electrons. The molecule has 0 saturated heterocycles. The lowest BCUT2D eigenvalue weighted by molar-refractivity contribution is 0.377. The third kappa shape index (κ3) is 2.49. The van der Waals surface area contributed by atoms with Gasteiger partial charge in [-0.25, -0.2) is 0 Å². The number of nitrogens with one attached hydrogen (secondary N) is 1. The normalized spacial score (nSPS) is 27.2. The first-order valence-electron chi connectivity index (χ1n) is 6.48. The van der Waals surface area contributed by atoms with Crippen LogP contribution in [0.2, 0.25) is 0 Å². The third-order valence-electron chi connectivity index (χ3n) is 4.01. The average molecular weight is 237 g/mol. The molecule has 16 heavy (non-hydrogen) atoms. The summed E-state index contributed by atoms with van der Waals surface area (Å²) in [5.41, 5.74) is 0. The van der Waals surface area contributed by atoms with Crippen molar-refractivity contribution in [3.63, 3.8) is 0 Å². The minimum absolute atomic E-state index is 0.593. The van der Waals surface area contributed by atoms with E-state index in [9.17, 15) is 0 Å². The molecule has 1 nitrogen and oxygen atoms in total. The zero-order valence-electron chi connectivity index (χ0n) is 10.6. The van der Waals surface area contributed by atoms with Gasteiger partial charge in [0.05, 0.1) is 0 Å². The summed E-state index contributed by atoms with van der Waals surface area (Å²) < 4.78 is 0. The van der Waals surface area contributed by atoms with Crippen molar-refractivity contribution in [3.05, 3.63) is 21.9 Å². The maximum absolute atomic E-state index is 3.53. The van der Waals surface area contributed by atoms with Gasteiger partial charge in [0.25, 0.3) is 0 Å². The van der Waals surface area contributed by atoms with Crippen LogP contribution in [0.25, 0.3) is 0 Å². The Morgan fingerprint density at radius 2 is 2.25 bits per heavy atom. The highest BCUT2D eigenvalue weighted by atomic mass is 32.1. The van der Waals surface area contributed by atoms with Crippen LogP contribution in [0.5, 0.6) is 0 Å². The fraction of sp³-hybridized carbons (Fsp3) is 0.714. The monoisotopic (exact) mass is 237 g/mol. The van der Waals surface area contributed by atoms with Crippen molar-refractivity contribution >= 4 is 11.3 Å². The predicted octanol–water partition coefficient (Wildman–Crippen LogP) is 4.14. The van der Waals surface area contributed by atoms with Crippen molar-refractivity contribution in [1.29, 1.82) is 0 Å². The van der Waals surface area contributed by atoms with Crippen molar-refractivity contribution < 1.29 is 0 Å². The number of hydrogen-bond donors (Lipinski definition) is 1. The summed E-state index contributed by atoms with van der Waals surface area (Å²) in [6, 6.07) is 5.15. The van der Waals surface area contributed by atoms with Gasteiger partial charge < -0.3 is 5.32 Å². The SMILES string of the molecule is CCC1CCC(C(NC)c2ccc(C)s2)C1. The largest absolute Gasteiger partial charge is 0.312 e. The number of rotatable bonds is 4. The van der Waals surface area contributed by atoms with Gasteiger partial charge in [-0.1, -0.05) is 19.8 Å². The Bertz CT molecular complexity index is 331. The minimum atomic E-state index is 0.593. The summed E-state index contributed by atoms with van der Waals surface area (Å²) in [6.45, 7) is 4.53. The summed E-state index contributed by atoms with van der Waals surface area (Å²) in [5, 5.41) is 3.53. The van der Waals surface area contributed by atoms with Crippen LogP contribution in [0, 0.1) is 18.8 Å². The molecule has 1 aromatic rings. The van der Waals surface area contributed by atoms with Crippen LogP contribution < -0.4 is 5.32 Å². The molecule has 0 radical (unpaired) electrons. The Hall–Kier alpha value is -0.340. The number of hydrogen-bond acceptors (Lipinski definition) is 2. The molecule has 1 aliphatic rings. The van der Waals surface area contributed by atoms with Crippen molar-refractivity contribution in [2.24, 2.45) is 11.8 Å². The van der Waals surface area contributed by atoms with E-state index in [0.29, 0.717) is 6.04 Å². The molecular formula is C14H23NS. The minimum Gasteiger partial charge on any atom is -0.312 e. The quantitative estimate of drug-likeness (QED) is 0.829. The highest BCUT2D eigenvalue weighted by Gasteiger charge is 2.30. The van der Waals surface area contributed by atoms with Crippen molar-refractivity contribution in [2.45, 2.75) is 45.6 Å². The highest BCUT2D eigenvalue weighted by Crippen LogP contribution is 2.41. The topological polar surface area (TPSA) is 12.0 Å². The maximum Gasteiger partial charge on any atom is 0.0441 e. The third-order valence-corrected chi connectivity index (χ3v) is 5.09. The second-order valence-electron chi connectivity index (χ2n) is 5.06. The standard InChI is InChI=1S/C14H23NS/c1-4-11-6-7-12(9-11)14(15-3)13-8-5-10(2)16-13/h5,8,11-12,14-15H,4,6-7,9H2,1-3H3. The molecule has 1 N–H and O–H groups in total. The smallest absolute Gasteiger partial charge is 0.0441 e. The maximum atomic E-state index is 3.53. The van der Waals surface area contributed by atoms with E-state index < -0.39 is 0 Å². The van der Waals surface area contributed by atoms with E-state index in [4.69, 9.17) is 0 Å². The van der Waals surface area contributed by atoms with E-state index in [2.05, 4.69) is 38.3 Å². The molecule has 3 unspecified atom stereocenters. The molecule has 1 saturated carbocycles. The van der Waals surface area contributed by atoms with E-state index >= 15 is 0 Å². The van der Waals surface area contributed by atoms with Gasteiger partial charge in [-0.2, -0.15) is 0 Å². The van der Waals surface area contributed by atoms with Gasteiger partial charge in [-0.3, -0.25) is 0 Å². The van der Waals surface area contributed by atoms with E-state index in [1.807, 2.05) is 11.3 Å². The van der Waals surface area contributed by atoms with Crippen LogP contribution in [0.15, 0.2) is 12.1 Å². The molecule has 1 fully saturated rings. The van der Waals surface area contributed by atoms with Crippen LogP contribution in [0.4, 0.5) is 0 Å². The molecule has 0 aromatic carbocycles. The summed E-state index contributed by atoms with van der Waals surface area (Å²) in [7, 11) is 2.11. The van der Waals surface area contributed by atoms with Crippen LogP contribution >= 0.6 is 11.3 Å². The molecule has 0 bridgehead atoms. The molecule has 0 aliphatic heterocycles. The Morgan fingerprint density at radius 1 is 1.44 bits per heavy atom. The van der Waals surface area contributed by atoms with Gasteiger partial charge in [0.1, 0.15) is 0 Å². The van der Waals surface area contributed by atoms with Crippen molar-refractivity contribution in [3.8, 4) is 0 Å². The van der Waals surface area contributed by atoms with Crippen molar-refractivity contribution in [1.82, 2.24) is 5.32 Å². The average Bonchev–Trinajstić information content (AvgIpc) is 2.89. The van der Waals surface area contributed by atoms with E-state index in [-0.39, 0.29) is 0 Å². The summed E-state index contributed by atoms with van der Waals surface area (Å²) in [6.07, 6.45) is 5.61. The number of aryl methyl sites for hydroxylation is 1. The van der Waals surface area contributed by atoms with Crippen LogP contribution in [0.3, 0.4) is 0 Å². The first kappa shape index (κ1) is 12.1. The fourth-order valence-corrected chi connectivity index (χ4v) is 4.10. The first-order valence-corrected chi connectivity index (χ1v) is 7.29. The summed E-state index contributed by atoms with van der Waals surface area (Å²) in [5.74, 6) is 1.83. The van der Waals surface area contributed by atoms with Gasteiger partial charge in [0.15, 0.2) is 0 Å². The Balaban J connectivity index is 2.06. The lowest BCUT2D eigenvalue weighted by atomic mass is 9.95.